The molecular weight excluding hydrogens is 375 g/mol. The zero-order chi connectivity index (χ0) is 19.6. The van der Waals surface area contributed by atoms with Crippen LogP contribution < -0.4 is 5.32 Å². The number of carbonyl (C=O) groups is 1. The van der Waals surface area contributed by atoms with Gasteiger partial charge in [-0.05, 0) is 38.1 Å². The van der Waals surface area contributed by atoms with Crippen molar-refractivity contribution in [1.82, 2.24) is 13.5 Å². The van der Waals surface area contributed by atoms with E-state index in [0.29, 0.717) is 31.9 Å². The SMILES string of the molecule is C[C@@H]1CN(S(=O)(=O)N2CCN(C(=O)Nc3ccc(F)cc3)CC2)C[C@H](C)O1. The number of morpholine rings is 1. The predicted molar refractivity (Wildman–Crippen MR) is 99.1 cm³/mol. The number of amides is 2. The van der Waals surface area contributed by atoms with Crippen LogP contribution in [0.3, 0.4) is 0 Å². The second kappa shape index (κ2) is 8.09. The molecule has 0 spiro atoms. The average molecular weight is 400 g/mol. The molecular formula is C17H25FN4O4S. The normalized spacial score (nSPS) is 25.4. The third kappa shape index (κ3) is 4.75. The Bertz CT molecular complexity index is 756. The van der Waals surface area contributed by atoms with E-state index in [1.54, 1.807) is 4.90 Å². The van der Waals surface area contributed by atoms with Gasteiger partial charge >= 0.3 is 6.03 Å². The molecule has 10 heteroatoms. The van der Waals surface area contributed by atoms with Crippen LogP contribution in [0.5, 0.6) is 0 Å². The molecule has 2 fully saturated rings. The standard InChI is InChI=1S/C17H25FN4O4S/c1-13-11-22(12-14(2)26-13)27(24,25)21-9-7-20(8-10-21)17(23)19-16-5-3-15(18)4-6-16/h3-6,13-14H,7-12H2,1-2H3,(H,19,23)/t13-,14+. The molecule has 1 aromatic carbocycles. The number of nitrogens with zero attached hydrogens (tertiary/aromatic N) is 3. The lowest BCUT2D eigenvalue weighted by Crippen LogP contribution is -2.58. The Hall–Kier alpha value is -1.75. The summed E-state index contributed by atoms with van der Waals surface area (Å²) in [6.45, 7) is 5.43. The van der Waals surface area contributed by atoms with Crippen molar-refractivity contribution in [3.8, 4) is 0 Å². The summed E-state index contributed by atoms with van der Waals surface area (Å²) in [4.78, 5) is 13.9. The molecule has 3 rings (SSSR count). The predicted octanol–water partition coefficient (Wildman–Crippen LogP) is 1.33. The van der Waals surface area contributed by atoms with Gasteiger partial charge in [0.15, 0.2) is 0 Å². The average Bonchev–Trinajstić information content (AvgIpc) is 2.63. The quantitative estimate of drug-likeness (QED) is 0.830. The molecule has 2 aliphatic heterocycles. The number of hydrogen-bond acceptors (Lipinski definition) is 4. The van der Waals surface area contributed by atoms with E-state index in [1.807, 2.05) is 13.8 Å². The van der Waals surface area contributed by atoms with Gasteiger partial charge in [-0.2, -0.15) is 17.0 Å². The van der Waals surface area contributed by atoms with Crippen molar-refractivity contribution < 1.29 is 22.3 Å². The molecule has 0 unspecified atom stereocenters. The van der Waals surface area contributed by atoms with Gasteiger partial charge in [0.1, 0.15) is 5.82 Å². The van der Waals surface area contributed by atoms with Crippen molar-refractivity contribution >= 4 is 21.9 Å². The molecule has 150 valence electrons. The number of anilines is 1. The van der Waals surface area contributed by atoms with Gasteiger partial charge in [0.05, 0.1) is 12.2 Å². The van der Waals surface area contributed by atoms with Crippen molar-refractivity contribution in [3.05, 3.63) is 30.1 Å². The molecule has 0 radical (unpaired) electrons. The fourth-order valence-corrected chi connectivity index (χ4v) is 5.09. The number of piperazine rings is 1. The van der Waals surface area contributed by atoms with E-state index in [0.717, 1.165) is 0 Å². The van der Waals surface area contributed by atoms with Crippen LogP contribution in [-0.4, -0.2) is 79.4 Å². The first-order valence-electron chi connectivity index (χ1n) is 8.98. The van der Waals surface area contributed by atoms with Gasteiger partial charge in [0.2, 0.25) is 0 Å². The van der Waals surface area contributed by atoms with Crippen molar-refractivity contribution in [2.45, 2.75) is 26.1 Å². The summed E-state index contributed by atoms with van der Waals surface area (Å²) in [5, 5.41) is 2.69. The zero-order valence-electron chi connectivity index (χ0n) is 15.5. The van der Waals surface area contributed by atoms with E-state index in [4.69, 9.17) is 4.74 Å². The van der Waals surface area contributed by atoms with E-state index in [9.17, 15) is 17.6 Å². The minimum atomic E-state index is -3.58. The summed E-state index contributed by atoms with van der Waals surface area (Å²) in [7, 11) is -3.58. The lowest BCUT2D eigenvalue weighted by molar-refractivity contribution is -0.0456. The van der Waals surface area contributed by atoms with E-state index in [2.05, 4.69) is 5.32 Å². The Morgan fingerprint density at radius 3 is 2.15 bits per heavy atom. The molecule has 1 N–H and O–H groups in total. The molecule has 2 aliphatic rings. The van der Waals surface area contributed by atoms with Crippen LogP contribution in [-0.2, 0) is 14.9 Å². The minimum absolute atomic E-state index is 0.147. The minimum Gasteiger partial charge on any atom is -0.373 e. The van der Waals surface area contributed by atoms with Gasteiger partial charge in [0, 0.05) is 45.0 Å². The Labute approximate surface area is 159 Å². The van der Waals surface area contributed by atoms with Gasteiger partial charge in [-0.15, -0.1) is 0 Å². The molecule has 0 bridgehead atoms. The summed E-state index contributed by atoms with van der Waals surface area (Å²) in [6, 6.07) is 5.17. The van der Waals surface area contributed by atoms with Gasteiger partial charge in [-0.3, -0.25) is 0 Å². The summed E-state index contributed by atoms with van der Waals surface area (Å²) in [5.74, 6) is -0.376. The highest BCUT2D eigenvalue weighted by Gasteiger charge is 2.37. The molecule has 2 heterocycles. The van der Waals surface area contributed by atoms with Crippen molar-refractivity contribution in [1.29, 1.82) is 0 Å². The monoisotopic (exact) mass is 400 g/mol. The summed E-state index contributed by atoms with van der Waals surface area (Å²) < 4.78 is 47.2. The number of hydrogen-bond donors (Lipinski definition) is 1. The van der Waals surface area contributed by atoms with E-state index >= 15 is 0 Å². The van der Waals surface area contributed by atoms with Crippen LogP contribution in [0.1, 0.15) is 13.8 Å². The third-order valence-electron chi connectivity index (χ3n) is 4.66. The van der Waals surface area contributed by atoms with Crippen LogP contribution in [0.15, 0.2) is 24.3 Å². The van der Waals surface area contributed by atoms with Crippen molar-refractivity contribution in [3.63, 3.8) is 0 Å². The van der Waals surface area contributed by atoms with Crippen LogP contribution in [0.25, 0.3) is 0 Å². The Balaban J connectivity index is 1.56. The molecule has 27 heavy (non-hydrogen) atoms. The number of halogens is 1. The number of rotatable bonds is 3. The van der Waals surface area contributed by atoms with Crippen LogP contribution in [0.4, 0.5) is 14.9 Å². The van der Waals surface area contributed by atoms with Crippen molar-refractivity contribution in [2.75, 3.05) is 44.6 Å². The Morgan fingerprint density at radius 2 is 1.59 bits per heavy atom. The molecule has 2 amide bonds. The maximum atomic E-state index is 12.9. The van der Waals surface area contributed by atoms with E-state index < -0.39 is 10.2 Å². The summed E-state index contributed by atoms with van der Waals surface area (Å²) >= 11 is 0. The molecule has 2 saturated heterocycles. The first-order valence-corrected chi connectivity index (χ1v) is 10.4. The van der Waals surface area contributed by atoms with Crippen LogP contribution in [0.2, 0.25) is 0 Å². The molecule has 0 saturated carbocycles. The fraction of sp³-hybridized carbons (Fsp3) is 0.588. The zero-order valence-corrected chi connectivity index (χ0v) is 16.3. The van der Waals surface area contributed by atoms with E-state index in [1.165, 1.54) is 32.9 Å². The molecule has 2 atom stereocenters. The highest BCUT2D eigenvalue weighted by Crippen LogP contribution is 2.19. The third-order valence-corrected chi connectivity index (χ3v) is 6.63. The molecule has 1 aromatic rings. The molecule has 0 aliphatic carbocycles. The smallest absolute Gasteiger partial charge is 0.321 e. The Kier molecular flexibility index (Phi) is 5.99. The lowest BCUT2D eigenvalue weighted by atomic mass is 10.3. The Morgan fingerprint density at radius 1 is 1.04 bits per heavy atom. The molecule has 0 aromatic heterocycles. The highest BCUT2D eigenvalue weighted by atomic mass is 32.2. The maximum absolute atomic E-state index is 12.9. The number of carbonyl (C=O) groups excluding carboxylic acids is 1. The number of nitrogens with one attached hydrogen (secondary N) is 1. The molecule has 8 nitrogen and oxygen atoms in total. The van der Waals surface area contributed by atoms with Gasteiger partial charge in [-0.25, -0.2) is 9.18 Å². The second-order valence-corrected chi connectivity index (χ2v) is 8.83. The second-order valence-electron chi connectivity index (χ2n) is 6.91. The first-order chi connectivity index (χ1) is 12.8. The van der Waals surface area contributed by atoms with Crippen molar-refractivity contribution in [2.24, 2.45) is 0 Å². The maximum Gasteiger partial charge on any atom is 0.321 e. The summed E-state index contributed by atoms with van der Waals surface area (Å²) in [6.07, 6.45) is -0.294. The number of benzene rings is 1. The van der Waals surface area contributed by atoms with Gasteiger partial charge < -0.3 is 15.0 Å². The van der Waals surface area contributed by atoms with Crippen LogP contribution in [0, 0.1) is 5.82 Å². The highest BCUT2D eigenvalue weighted by molar-refractivity contribution is 7.86. The largest absolute Gasteiger partial charge is 0.373 e. The van der Waals surface area contributed by atoms with Gasteiger partial charge in [0.25, 0.3) is 10.2 Å². The lowest BCUT2D eigenvalue weighted by Gasteiger charge is -2.40. The fourth-order valence-electron chi connectivity index (χ4n) is 3.34. The number of ether oxygens (including phenoxy) is 1. The van der Waals surface area contributed by atoms with E-state index in [-0.39, 0.29) is 37.1 Å². The van der Waals surface area contributed by atoms with Crippen LogP contribution >= 0.6 is 0 Å². The number of urea groups is 1. The topological polar surface area (TPSA) is 82.2 Å². The first kappa shape index (κ1) is 20.0. The summed E-state index contributed by atoms with van der Waals surface area (Å²) in [5.41, 5.74) is 0.493. The van der Waals surface area contributed by atoms with Gasteiger partial charge in [-0.1, -0.05) is 0 Å².